The van der Waals surface area contributed by atoms with Crippen molar-refractivity contribution in [2.45, 2.75) is 20.3 Å². The number of rotatable bonds is 5. The second-order valence-corrected chi connectivity index (χ2v) is 6.22. The minimum Gasteiger partial charge on any atom is -0.496 e. The molecule has 4 N–H and O–H groups in total. The predicted molar refractivity (Wildman–Crippen MR) is 105 cm³/mol. The second kappa shape index (κ2) is 7.30. The molecule has 0 saturated carbocycles. The summed E-state index contributed by atoms with van der Waals surface area (Å²) < 4.78 is 5.46. The first kappa shape index (κ1) is 16.9. The van der Waals surface area contributed by atoms with Crippen LogP contribution in [0.5, 0.6) is 5.75 Å². The number of aliphatic imine (C=N–C) groups is 1. The number of guanidine groups is 1. The highest BCUT2D eigenvalue weighted by molar-refractivity contribution is 5.92. The standard InChI is InChI=1S/C20H24N4O/c1-13-9-14(2)11-16(10-13)24-20(21)22-8-7-15-12-23-17-5-4-6-18(25-3)19(15)17/h4-6,9-12,23H,7-8H2,1-3H3,(H3,21,22,24). The quantitative estimate of drug-likeness (QED) is 0.490. The van der Waals surface area contributed by atoms with Crippen molar-refractivity contribution in [1.82, 2.24) is 4.98 Å². The van der Waals surface area contributed by atoms with Gasteiger partial charge in [-0.25, -0.2) is 0 Å². The lowest BCUT2D eigenvalue weighted by Gasteiger charge is -2.08. The number of nitrogens with zero attached hydrogens (tertiary/aromatic N) is 1. The van der Waals surface area contributed by atoms with Gasteiger partial charge in [-0.2, -0.15) is 0 Å². The number of benzene rings is 2. The fraction of sp³-hybridized carbons (Fsp3) is 0.250. The molecule has 0 saturated heterocycles. The summed E-state index contributed by atoms with van der Waals surface area (Å²) in [5, 5.41) is 4.27. The Kier molecular flexibility index (Phi) is 4.93. The number of hydrogen-bond donors (Lipinski definition) is 3. The Morgan fingerprint density at radius 3 is 2.68 bits per heavy atom. The zero-order valence-electron chi connectivity index (χ0n) is 14.9. The number of nitrogens with one attached hydrogen (secondary N) is 2. The van der Waals surface area contributed by atoms with Gasteiger partial charge >= 0.3 is 0 Å². The molecule has 0 aliphatic rings. The molecule has 3 rings (SSSR count). The van der Waals surface area contributed by atoms with Crippen LogP contribution in [0.1, 0.15) is 16.7 Å². The van der Waals surface area contributed by atoms with Crippen molar-refractivity contribution in [2.75, 3.05) is 19.0 Å². The molecule has 0 aliphatic heterocycles. The van der Waals surface area contributed by atoms with Gasteiger partial charge in [-0.3, -0.25) is 4.99 Å². The number of aromatic nitrogens is 1. The summed E-state index contributed by atoms with van der Waals surface area (Å²) in [6.45, 7) is 4.74. The van der Waals surface area contributed by atoms with Gasteiger partial charge in [-0.15, -0.1) is 0 Å². The maximum absolute atomic E-state index is 6.02. The van der Waals surface area contributed by atoms with Crippen LogP contribution in [0.2, 0.25) is 0 Å². The molecule has 0 unspecified atom stereocenters. The fourth-order valence-electron chi connectivity index (χ4n) is 3.12. The summed E-state index contributed by atoms with van der Waals surface area (Å²) in [7, 11) is 1.69. The average molecular weight is 336 g/mol. The third-order valence-corrected chi connectivity index (χ3v) is 4.13. The van der Waals surface area contributed by atoms with Crippen LogP contribution in [0.3, 0.4) is 0 Å². The molecular formula is C20H24N4O. The van der Waals surface area contributed by atoms with Crippen LogP contribution in [0.15, 0.2) is 47.6 Å². The van der Waals surface area contributed by atoms with Crippen LogP contribution in [-0.4, -0.2) is 24.6 Å². The van der Waals surface area contributed by atoms with E-state index in [4.69, 9.17) is 10.5 Å². The first-order valence-corrected chi connectivity index (χ1v) is 8.35. The smallest absolute Gasteiger partial charge is 0.193 e. The van der Waals surface area contributed by atoms with Crippen molar-refractivity contribution in [1.29, 1.82) is 0 Å². The molecule has 1 aromatic heterocycles. The van der Waals surface area contributed by atoms with Crippen LogP contribution in [-0.2, 0) is 6.42 Å². The molecule has 1 heterocycles. The molecular weight excluding hydrogens is 312 g/mol. The number of H-pyrrole nitrogens is 1. The van der Waals surface area contributed by atoms with E-state index >= 15 is 0 Å². The minimum absolute atomic E-state index is 0.428. The van der Waals surface area contributed by atoms with E-state index in [-0.39, 0.29) is 0 Å². The number of aromatic amines is 1. The van der Waals surface area contributed by atoms with Crippen molar-refractivity contribution in [3.05, 3.63) is 59.3 Å². The summed E-state index contributed by atoms with van der Waals surface area (Å²) in [6, 6.07) is 12.2. The third kappa shape index (κ3) is 3.94. The van der Waals surface area contributed by atoms with Crippen molar-refractivity contribution in [3.63, 3.8) is 0 Å². The van der Waals surface area contributed by atoms with E-state index in [0.717, 1.165) is 28.8 Å². The lowest BCUT2D eigenvalue weighted by molar-refractivity contribution is 0.419. The molecule has 5 heteroatoms. The zero-order valence-corrected chi connectivity index (χ0v) is 14.9. The van der Waals surface area contributed by atoms with E-state index in [9.17, 15) is 0 Å². The van der Waals surface area contributed by atoms with Crippen LogP contribution in [0.4, 0.5) is 5.69 Å². The number of ether oxygens (including phenoxy) is 1. The van der Waals surface area contributed by atoms with E-state index in [1.165, 1.54) is 16.7 Å². The van der Waals surface area contributed by atoms with Gasteiger partial charge in [0.25, 0.3) is 0 Å². The van der Waals surface area contributed by atoms with Crippen LogP contribution in [0.25, 0.3) is 10.9 Å². The fourth-order valence-corrected chi connectivity index (χ4v) is 3.12. The molecule has 5 nitrogen and oxygen atoms in total. The molecule has 3 aromatic rings. The highest BCUT2D eigenvalue weighted by Crippen LogP contribution is 2.28. The molecule has 0 spiro atoms. The molecule has 130 valence electrons. The summed E-state index contributed by atoms with van der Waals surface area (Å²) in [5.41, 5.74) is 11.6. The summed E-state index contributed by atoms with van der Waals surface area (Å²) in [5.74, 6) is 1.30. The van der Waals surface area contributed by atoms with Gasteiger partial charge in [0.2, 0.25) is 0 Å². The Morgan fingerprint density at radius 1 is 1.20 bits per heavy atom. The lowest BCUT2D eigenvalue weighted by atomic mass is 10.1. The van der Waals surface area contributed by atoms with Crippen molar-refractivity contribution < 1.29 is 4.74 Å². The van der Waals surface area contributed by atoms with Gasteiger partial charge in [0, 0.05) is 29.3 Å². The van der Waals surface area contributed by atoms with Gasteiger partial charge < -0.3 is 20.8 Å². The Morgan fingerprint density at radius 2 is 1.96 bits per heavy atom. The lowest BCUT2D eigenvalue weighted by Crippen LogP contribution is -2.23. The Hall–Kier alpha value is -2.95. The zero-order chi connectivity index (χ0) is 17.8. The summed E-state index contributed by atoms with van der Waals surface area (Å²) in [4.78, 5) is 7.72. The van der Waals surface area contributed by atoms with Gasteiger partial charge in [0.05, 0.1) is 7.11 Å². The molecule has 25 heavy (non-hydrogen) atoms. The molecule has 0 aliphatic carbocycles. The molecule has 2 aromatic carbocycles. The highest BCUT2D eigenvalue weighted by atomic mass is 16.5. The van der Waals surface area contributed by atoms with E-state index in [1.807, 2.05) is 24.4 Å². The van der Waals surface area contributed by atoms with Gasteiger partial charge in [0.1, 0.15) is 5.75 Å². The number of aryl methyl sites for hydroxylation is 2. The van der Waals surface area contributed by atoms with Crippen LogP contribution < -0.4 is 15.8 Å². The van der Waals surface area contributed by atoms with Crippen molar-refractivity contribution >= 4 is 22.5 Å². The highest BCUT2D eigenvalue weighted by Gasteiger charge is 2.08. The number of hydrogen-bond acceptors (Lipinski definition) is 2. The third-order valence-electron chi connectivity index (χ3n) is 4.13. The monoisotopic (exact) mass is 336 g/mol. The van der Waals surface area contributed by atoms with Crippen molar-refractivity contribution in [3.8, 4) is 5.75 Å². The molecule has 0 radical (unpaired) electrons. The van der Waals surface area contributed by atoms with E-state index in [0.29, 0.717) is 12.5 Å². The van der Waals surface area contributed by atoms with E-state index in [1.54, 1.807) is 7.11 Å². The largest absolute Gasteiger partial charge is 0.496 e. The van der Waals surface area contributed by atoms with E-state index in [2.05, 4.69) is 47.3 Å². The Bertz CT molecular complexity index is 891. The first-order chi connectivity index (χ1) is 12.1. The normalized spacial score (nSPS) is 11.7. The second-order valence-electron chi connectivity index (χ2n) is 6.22. The molecule has 0 bridgehead atoms. The SMILES string of the molecule is COc1cccc2[nH]cc(CCN=C(N)Nc3cc(C)cc(C)c3)c12. The number of anilines is 1. The predicted octanol–water partition coefficient (Wildman–Crippen LogP) is 3.76. The topological polar surface area (TPSA) is 75.4 Å². The van der Waals surface area contributed by atoms with Crippen LogP contribution >= 0.6 is 0 Å². The minimum atomic E-state index is 0.428. The number of methoxy groups -OCH3 is 1. The maximum atomic E-state index is 6.02. The molecule has 0 amide bonds. The maximum Gasteiger partial charge on any atom is 0.193 e. The Labute approximate surface area is 147 Å². The van der Waals surface area contributed by atoms with Gasteiger partial charge in [-0.05, 0) is 61.2 Å². The molecule has 0 atom stereocenters. The van der Waals surface area contributed by atoms with Gasteiger partial charge in [0.15, 0.2) is 5.96 Å². The van der Waals surface area contributed by atoms with Crippen LogP contribution in [0, 0.1) is 13.8 Å². The summed E-state index contributed by atoms with van der Waals surface area (Å²) >= 11 is 0. The van der Waals surface area contributed by atoms with Gasteiger partial charge in [-0.1, -0.05) is 12.1 Å². The molecule has 0 fully saturated rings. The summed E-state index contributed by atoms with van der Waals surface area (Å²) in [6.07, 6.45) is 2.80. The number of nitrogens with two attached hydrogens (primary N) is 1. The average Bonchev–Trinajstić information content (AvgIpc) is 2.97. The van der Waals surface area contributed by atoms with Crippen molar-refractivity contribution in [2.24, 2.45) is 10.7 Å². The Balaban J connectivity index is 1.68. The number of fused-ring (bicyclic) bond motifs is 1. The van der Waals surface area contributed by atoms with E-state index < -0.39 is 0 Å². The first-order valence-electron chi connectivity index (χ1n) is 8.35.